The fraction of sp³-hybridized carbons (Fsp3) is 0.154. The van der Waals surface area contributed by atoms with Crippen LogP contribution in [0.1, 0.15) is 22.2 Å². The average molecular weight is 259 g/mol. The van der Waals surface area contributed by atoms with E-state index in [4.69, 9.17) is 0 Å². The molecule has 2 rings (SSSR count). The summed E-state index contributed by atoms with van der Waals surface area (Å²) in [6.45, 7) is 0.0731. The van der Waals surface area contributed by atoms with Gasteiger partial charge in [0.15, 0.2) is 0 Å². The number of amides is 1. The van der Waals surface area contributed by atoms with E-state index in [0.717, 1.165) is 5.56 Å². The molecule has 0 aliphatic rings. The van der Waals surface area contributed by atoms with Gasteiger partial charge >= 0.3 is 0 Å². The van der Waals surface area contributed by atoms with Gasteiger partial charge in [0.25, 0.3) is 11.5 Å². The second kappa shape index (κ2) is 5.92. The van der Waals surface area contributed by atoms with Crippen molar-refractivity contribution in [1.82, 2.24) is 15.5 Å². The molecule has 0 radical (unpaired) electrons. The Balaban J connectivity index is 1.94. The van der Waals surface area contributed by atoms with Crippen molar-refractivity contribution in [2.75, 3.05) is 6.54 Å². The summed E-state index contributed by atoms with van der Waals surface area (Å²) in [5.41, 5.74) is 0.443. The summed E-state index contributed by atoms with van der Waals surface area (Å²) in [7, 11) is 0. The lowest BCUT2D eigenvalue weighted by atomic mass is 10.1. The number of aliphatic hydroxyl groups is 1. The topological polar surface area (TPSA) is 95.1 Å². The largest absolute Gasteiger partial charge is 0.387 e. The Labute approximate surface area is 109 Å². The molecular weight excluding hydrogens is 246 g/mol. The molecule has 1 atom stereocenters. The monoisotopic (exact) mass is 259 g/mol. The molecule has 0 aliphatic heterocycles. The second-order valence-electron chi connectivity index (χ2n) is 3.94. The summed E-state index contributed by atoms with van der Waals surface area (Å²) in [6, 6.07) is 11.6. The SMILES string of the molecule is O=C(NCC(O)c1ccccc1)c1ccc(=O)[nH]n1. The predicted octanol–water partition coefficient (Wildman–Crippen LogP) is 0.233. The van der Waals surface area contributed by atoms with Crippen molar-refractivity contribution in [2.24, 2.45) is 0 Å². The Morgan fingerprint density at radius 2 is 2.00 bits per heavy atom. The molecule has 0 bridgehead atoms. The van der Waals surface area contributed by atoms with E-state index in [2.05, 4.69) is 15.5 Å². The smallest absolute Gasteiger partial charge is 0.271 e. The van der Waals surface area contributed by atoms with E-state index < -0.39 is 12.0 Å². The number of nitrogens with zero attached hydrogens (tertiary/aromatic N) is 1. The Kier molecular flexibility index (Phi) is 4.04. The van der Waals surface area contributed by atoms with Crippen LogP contribution in [0.2, 0.25) is 0 Å². The third-order valence-electron chi connectivity index (χ3n) is 2.55. The van der Waals surface area contributed by atoms with E-state index in [-0.39, 0.29) is 17.8 Å². The van der Waals surface area contributed by atoms with E-state index in [1.807, 2.05) is 18.2 Å². The van der Waals surface area contributed by atoms with E-state index in [1.54, 1.807) is 12.1 Å². The molecule has 1 heterocycles. The maximum Gasteiger partial charge on any atom is 0.271 e. The van der Waals surface area contributed by atoms with Gasteiger partial charge in [-0.25, -0.2) is 5.10 Å². The van der Waals surface area contributed by atoms with Crippen molar-refractivity contribution in [3.8, 4) is 0 Å². The molecule has 1 amide bonds. The molecule has 2 aromatic rings. The lowest BCUT2D eigenvalue weighted by Gasteiger charge is -2.11. The molecule has 1 unspecified atom stereocenters. The molecule has 1 aromatic carbocycles. The molecule has 0 saturated heterocycles. The van der Waals surface area contributed by atoms with Gasteiger partial charge in [0.2, 0.25) is 0 Å². The summed E-state index contributed by atoms with van der Waals surface area (Å²) < 4.78 is 0. The number of nitrogens with one attached hydrogen (secondary N) is 2. The fourth-order valence-electron chi connectivity index (χ4n) is 1.54. The summed E-state index contributed by atoms with van der Waals surface area (Å²) in [4.78, 5) is 22.5. The molecule has 0 saturated carbocycles. The zero-order valence-corrected chi connectivity index (χ0v) is 10.0. The second-order valence-corrected chi connectivity index (χ2v) is 3.94. The first-order valence-corrected chi connectivity index (χ1v) is 5.74. The normalized spacial score (nSPS) is 11.8. The summed E-state index contributed by atoms with van der Waals surface area (Å²) in [6.07, 6.45) is -0.784. The van der Waals surface area contributed by atoms with Crippen LogP contribution in [0.4, 0.5) is 0 Å². The van der Waals surface area contributed by atoms with E-state index in [0.29, 0.717) is 0 Å². The van der Waals surface area contributed by atoms with Crippen LogP contribution in [0.3, 0.4) is 0 Å². The van der Waals surface area contributed by atoms with Gasteiger partial charge in [-0.2, -0.15) is 5.10 Å². The number of aliphatic hydroxyl groups excluding tert-OH is 1. The van der Waals surface area contributed by atoms with Gasteiger partial charge in [0.1, 0.15) is 5.69 Å². The lowest BCUT2D eigenvalue weighted by molar-refractivity contribution is 0.0910. The first kappa shape index (κ1) is 13.0. The van der Waals surface area contributed by atoms with Crippen molar-refractivity contribution in [2.45, 2.75) is 6.10 Å². The number of rotatable bonds is 4. The van der Waals surface area contributed by atoms with Gasteiger partial charge in [0, 0.05) is 12.6 Å². The molecule has 98 valence electrons. The molecule has 6 nitrogen and oxygen atoms in total. The standard InChI is InChI=1S/C13H13N3O3/c17-11(9-4-2-1-3-5-9)8-14-13(19)10-6-7-12(18)16-15-10/h1-7,11,17H,8H2,(H,14,19)(H,16,18). The number of hydrogen-bond donors (Lipinski definition) is 3. The van der Waals surface area contributed by atoms with Crippen LogP contribution in [0.5, 0.6) is 0 Å². The highest BCUT2D eigenvalue weighted by Crippen LogP contribution is 2.10. The van der Waals surface area contributed by atoms with Crippen LogP contribution >= 0.6 is 0 Å². The van der Waals surface area contributed by atoms with Crippen LogP contribution < -0.4 is 10.9 Å². The van der Waals surface area contributed by atoms with Crippen molar-refractivity contribution in [3.63, 3.8) is 0 Å². The van der Waals surface area contributed by atoms with Crippen molar-refractivity contribution >= 4 is 5.91 Å². The van der Waals surface area contributed by atoms with Gasteiger partial charge in [-0.1, -0.05) is 30.3 Å². The Morgan fingerprint density at radius 3 is 2.63 bits per heavy atom. The maximum atomic E-state index is 11.7. The number of carbonyl (C=O) groups is 1. The third-order valence-corrected chi connectivity index (χ3v) is 2.55. The molecule has 0 fully saturated rings. The number of hydrogen-bond acceptors (Lipinski definition) is 4. The Hall–Kier alpha value is -2.47. The molecule has 6 heteroatoms. The van der Waals surface area contributed by atoms with Crippen molar-refractivity contribution in [3.05, 3.63) is 64.1 Å². The summed E-state index contributed by atoms with van der Waals surface area (Å²) in [5, 5.41) is 18.2. The average Bonchev–Trinajstić information content (AvgIpc) is 2.46. The highest BCUT2D eigenvalue weighted by molar-refractivity contribution is 5.91. The molecule has 19 heavy (non-hydrogen) atoms. The molecule has 0 spiro atoms. The zero-order valence-electron chi connectivity index (χ0n) is 10.0. The molecule has 3 N–H and O–H groups in total. The minimum atomic E-state index is -0.784. The first-order valence-electron chi connectivity index (χ1n) is 5.74. The summed E-state index contributed by atoms with van der Waals surface area (Å²) in [5.74, 6) is -0.453. The number of H-pyrrole nitrogens is 1. The van der Waals surface area contributed by atoms with Crippen molar-refractivity contribution < 1.29 is 9.90 Å². The van der Waals surface area contributed by atoms with Crippen LogP contribution in [-0.2, 0) is 0 Å². The van der Waals surface area contributed by atoms with Crippen molar-refractivity contribution in [1.29, 1.82) is 0 Å². The van der Waals surface area contributed by atoms with Gasteiger partial charge in [-0.3, -0.25) is 9.59 Å². The minimum Gasteiger partial charge on any atom is -0.387 e. The fourth-order valence-corrected chi connectivity index (χ4v) is 1.54. The van der Waals surface area contributed by atoms with Crippen LogP contribution in [0.25, 0.3) is 0 Å². The quantitative estimate of drug-likeness (QED) is 0.732. The van der Waals surface area contributed by atoms with E-state index >= 15 is 0 Å². The predicted molar refractivity (Wildman–Crippen MR) is 68.6 cm³/mol. The number of benzene rings is 1. The lowest BCUT2D eigenvalue weighted by Crippen LogP contribution is -2.29. The number of carbonyl (C=O) groups excluding carboxylic acids is 1. The van der Waals surface area contributed by atoms with E-state index in [1.165, 1.54) is 12.1 Å². The summed E-state index contributed by atoms with van der Waals surface area (Å²) >= 11 is 0. The van der Waals surface area contributed by atoms with Crippen LogP contribution in [0, 0.1) is 0 Å². The van der Waals surface area contributed by atoms with Gasteiger partial charge in [-0.15, -0.1) is 0 Å². The number of aromatic nitrogens is 2. The highest BCUT2D eigenvalue weighted by Gasteiger charge is 2.11. The zero-order chi connectivity index (χ0) is 13.7. The van der Waals surface area contributed by atoms with Gasteiger partial charge in [-0.05, 0) is 11.6 Å². The van der Waals surface area contributed by atoms with Crippen LogP contribution in [-0.4, -0.2) is 27.8 Å². The molecular formula is C13H13N3O3. The first-order chi connectivity index (χ1) is 9.16. The minimum absolute atomic E-state index is 0.0731. The van der Waals surface area contributed by atoms with Gasteiger partial charge < -0.3 is 10.4 Å². The molecule has 0 aliphatic carbocycles. The molecule has 1 aromatic heterocycles. The highest BCUT2D eigenvalue weighted by atomic mass is 16.3. The number of aromatic amines is 1. The Bertz CT molecular complexity index is 590. The van der Waals surface area contributed by atoms with Gasteiger partial charge in [0.05, 0.1) is 6.10 Å². The third kappa shape index (κ3) is 3.49. The Morgan fingerprint density at radius 1 is 1.26 bits per heavy atom. The maximum absolute atomic E-state index is 11.7. The van der Waals surface area contributed by atoms with Crippen LogP contribution in [0.15, 0.2) is 47.3 Å². The van der Waals surface area contributed by atoms with E-state index in [9.17, 15) is 14.7 Å².